The zero-order chi connectivity index (χ0) is 23.2. The molecule has 1 aliphatic heterocycles. The standard InChI is InChI=1S/C26H33BF2N2/c1-10-21-17(6)25(30-19(21)8)24(23-15(4)12-14(3)13-16(23)5)26-18(7)22(11-2)20(9)31(26)27(28)29/h12-13H,10-11H2,1-9H3/b25-24-. The average Bonchev–Trinajstić information content (AvgIpc) is 3.09. The average molecular weight is 422 g/mol. The summed E-state index contributed by atoms with van der Waals surface area (Å²) >= 11 is 0. The van der Waals surface area contributed by atoms with Crippen LogP contribution in [0.25, 0.3) is 5.57 Å². The van der Waals surface area contributed by atoms with Crippen molar-refractivity contribution in [2.24, 2.45) is 4.99 Å². The van der Waals surface area contributed by atoms with Crippen molar-refractivity contribution in [1.82, 2.24) is 4.48 Å². The Labute approximate surface area is 186 Å². The van der Waals surface area contributed by atoms with Crippen LogP contribution in [-0.4, -0.2) is 17.6 Å². The van der Waals surface area contributed by atoms with Gasteiger partial charge in [-0.3, -0.25) is 13.6 Å². The predicted molar refractivity (Wildman–Crippen MR) is 129 cm³/mol. The summed E-state index contributed by atoms with van der Waals surface area (Å²) in [5, 5.41) is 0. The number of halogens is 2. The lowest BCUT2D eigenvalue weighted by Crippen LogP contribution is -2.19. The van der Waals surface area contributed by atoms with Crippen molar-refractivity contribution in [3.8, 4) is 0 Å². The molecule has 1 aliphatic rings. The first-order valence-electron chi connectivity index (χ1n) is 11.1. The van der Waals surface area contributed by atoms with Crippen LogP contribution < -0.4 is 0 Å². The fraction of sp³-hybridized carbons (Fsp3) is 0.423. The molecule has 2 heterocycles. The predicted octanol–water partition coefficient (Wildman–Crippen LogP) is 7.33. The summed E-state index contributed by atoms with van der Waals surface area (Å²) in [6.07, 6.45) is 1.59. The van der Waals surface area contributed by atoms with Crippen LogP contribution in [0.4, 0.5) is 8.63 Å². The summed E-state index contributed by atoms with van der Waals surface area (Å²) < 4.78 is 30.1. The second kappa shape index (κ2) is 8.60. The van der Waals surface area contributed by atoms with Crippen LogP contribution in [0.3, 0.4) is 0 Å². The number of hydrogen-bond donors (Lipinski definition) is 0. The van der Waals surface area contributed by atoms with E-state index in [2.05, 4.69) is 46.8 Å². The minimum Gasteiger partial charge on any atom is -0.329 e. The molecule has 0 N–H and O–H groups in total. The van der Waals surface area contributed by atoms with Crippen LogP contribution >= 0.6 is 0 Å². The van der Waals surface area contributed by atoms with Gasteiger partial charge in [0.15, 0.2) is 0 Å². The number of benzene rings is 1. The van der Waals surface area contributed by atoms with Crippen molar-refractivity contribution < 1.29 is 8.63 Å². The van der Waals surface area contributed by atoms with Gasteiger partial charge in [0.2, 0.25) is 0 Å². The first-order chi connectivity index (χ1) is 14.5. The highest BCUT2D eigenvalue weighted by molar-refractivity contribution is 6.41. The van der Waals surface area contributed by atoms with Gasteiger partial charge >= 0.3 is 7.40 Å². The van der Waals surface area contributed by atoms with Crippen molar-refractivity contribution in [3.63, 3.8) is 0 Å². The Hall–Kier alpha value is -2.43. The number of allylic oxidation sites excluding steroid dienone is 2. The molecule has 2 aromatic rings. The molecule has 164 valence electrons. The highest BCUT2D eigenvalue weighted by Gasteiger charge is 2.33. The maximum Gasteiger partial charge on any atom is 0.677 e. The maximum absolute atomic E-state index is 14.5. The van der Waals surface area contributed by atoms with Gasteiger partial charge in [0.05, 0.1) is 5.70 Å². The van der Waals surface area contributed by atoms with Crippen LogP contribution in [0.5, 0.6) is 0 Å². The monoisotopic (exact) mass is 422 g/mol. The van der Waals surface area contributed by atoms with Crippen molar-refractivity contribution >= 4 is 18.7 Å². The minimum atomic E-state index is -2.61. The van der Waals surface area contributed by atoms with Gasteiger partial charge in [-0.05, 0) is 100 Å². The molecule has 0 amide bonds. The number of aromatic nitrogens is 1. The first-order valence-corrected chi connectivity index (χ1v) is 11.1. The van der Waals surface area contributed by atoms with E-state index in [0.29, 0.717) is 11.4 Å². The Balaban J connectivity index is 2.57. The van der Waals surface area contributed by atoms with Crippen LogP contribution in [-0.2, 0) is 6.42 Å². The molecule has 3 rings (SSSR count). The van der Waals surface area contributed by atoms with Crippen LogP contribution in [0.1, 0.15) is 78.9 Å². The highest BCUT2D eigenvalue weighted by atomic mass is 19.2. The van der Waals surface area contributed by atoms with Crippen molar-refractivity contribution in [1.29, 1.82) is 0 Å². The van der Waals surface area contributed by atoms with Gasteiger partial charge in [0, 0.05) is 22.7 Å². The Kier molecular flexibility index (Phi) is 6.45. The molecule has 0 atom stereocenters. The summed E-state index contributed by atoms with van der Waals surface area (Å²) in [4.78, 5) is 4.95. The van der Waals surface area contributed by atoms with Gasteiger partial charge in [-0.2, -0.15) is 0 Å². The fourth-order valence-electron chi connectivity index (χ4n) is 5.40. The van der Waals surface area contributed by atoms with E-state index in [1.54, 1.807) is 0 Å². The van der Waals surface area contributed by atoms with E-state index in [1.807, 2.05) is 27.7 Å². The molecular weight excluding hydrogens is 389 g/mol. The molecule has 2 nitrogen and oxygen atoms in total. The van der Waals surface area contributed by atoms with E-state index in [-0.39, 0.29) is 0 Å². The largest absolute Gasteiger partial charge is 0.677 e. The number of hydrogen-bond acceptors (Lipinski definition) is 1. The first kappa shape index (κ1) is 23.2. The van der Waals surface area contributed by atoms with Crippen LogP contribution in [0.2, 0.25) is 0 Å². The van der Waals surface area contributed by atoms with Gasteiger partial charge in [-0.1, -0.05) is 31.5 Å². The van der Waals surface area contributed by atoms with Gasteiger partial charge in [0.1, 0.15) is 0 Å². The minimum absolute atomic E-state index is 0.600. The molecule has 1 aromatic carbocycles. The van der Waals surface area contributed by atoms with Gasteiger partial charge in [0.25, 0.3) is 0 Å². The molecule has 0 fully saturated rings. The quantitative estimate of drug-likeness (QED) is 0.449. The fourth-order valence-corrected chi connectivity index (χ4v) is 5.40. The van der Waals surface area contributed by atoms with Crippen molar-refractivity contribution in [2.45, 2.75) is 75.2 Å². The topological polar surface area (TPSA) is 17.3 Å². The summed E-state index contributed by atoms with van der Waals surface area (Å²) in [6.45, 7) is 18.2. The Morgan fingerprint density at radius 2 is 1.52 bits per heavy atom. The van der Waals surface area contributed by atoms with E-state index < -0.39 is 7.40 Å². The number of aryl methyl sites for hydroxylation is 3. The molecule has 0 aliphatic carbocycles. The molecular formula is C26H33BF2N2. The third kappa shape index (κ3) is 3.73. The molecule has 0 spiro atoms. The Morgan fingerprint density at radius 3 is 1.97 bits per heavy atom. The van der Waals surface area contributed by atoms with E-state index >= 15 is 0 Å². The molecule has 5 heteroatoms. The lowest BCUT2D eigenvalue weighted by atomic mass is 9.87. The summed E-state index contributed by atoms with van der Waals surface area (Å²) in [5.41, 5.74) is 12.4. The zero-order valence-corrected chi connectivity index (χ0v) is 20.3. The second-order valence-electron chi connectivity index (χ2n) is 8.69. The second-order valence-corrected chi connectivity index (χ2v) is 8.69. The normalized spacial score (nSPS) is 15.6. The number of rotatable bonds is 5. The van der Waals surface area contributed by atoms with E-state index in [4.69, 9.17) is 4.99 Å². The third-order valence-corrected chi connectivity index (χ3v) is 6.67. The van der Waals surface area contributed by atoms with Gasteiger partial charge in [-0.25, -0.2) is 0 Å². The van der Waals surface area contributed by atoms with E-state index in [1.165, 1.54) is 15.6 Å². The number of nitrogens with zero attached hydrogens (tertiary/aromatic N) is 2. The Morgan fingerprint density at radius 1 is 0.935 bits per heavy atom. The SMILES string of the molecule is CCC1=C(C)/C(=C(\c2c(C)cc(C)cc2C)c2c(C)c(CC)c(C)n2B(F)F)N=C1C. The van der Waals surface area contributed by atoms with Crippen LogP contribution in [0.15, 0.2) is 34.0 Å². The lowest BCUT2D eigenvalue weighted by Gasteiger charge is -2.21. The lowest BCUT2D eigenvalue weighted by molar-refractivity contribution is 0.623. The highest BCUT2D eigenvalue weighted by Crippen LogP contribution is 2.42. The molecule has 0 saturated carbocycles. The molecule has 0 unspecified atom stereocenters. The van der Waals surface area contributed by atoms with Gasteiger partial charge < -0.3 is 4.48 Å². The van der Waals surface area contributed by atoms with Crippen LogP contribution in [0, 0.1) is 34.6 Å². The molecule has 1 aromatic heterocycles. The van der Waals surface area contributed by atoms with Crippen molar-refractivity contribution in [3.05, 3.63) is 73.7 Å². The van der Waals surface area contributed by atoms with E-state index in [0.717, 1.165) is 63.2 Å². The molecule has 31 heavy (non-hydrogen) atoms. The maximum atomic E-state index is 14.5. The molecule has 0 radical (unpaired) electrons. The number of aliphatic imine (C=N–C) groups is 1. The van der Waals surface area contributed by atoms with Gasteiger partial charge in [-0.15, -0.1) is 0 Å². The summed E-state index contributed by atoms with van der Waals surface area (Å²) in [5.74, 6) is 0. The summed E-state index contributed by atoms with van der Waals surface area (Å²) in [6, 6.07) is 4.26. The zero-order valence-electron chi connectivity index (χ0n) is 20.3. The molecule has 0 saturated heterocycles. The summed E-state index contributed by atoms with van der Waals surface area (Å²) in [7, 11) is -2.61. The molecule has 0 bridgehead atoms. The third-order valence-electron chi connectivity index (χ3n) is 6.67. The van der Waals surface area contributed by atoms with E-state index in [9.17, 15) is 8.63 Å². The van der Waals surface area contributed by atoms with Crippen molar-refractivity contribution in [2.75, 3.05) is 0 Å². The smallest absolute Gasteiger partial charge is 0.329 e. The Bertz CT molecular complexity index is 1120.